The largest absolute Gasteiger partial charge is 0.381 e. The Balaban J connectivity index is 2.16. The smallest absolute Gasteiger partial charge is 0.265 e. The minimum absolute atomic E-state index is 0.00639. The van der Waals surface area contributed by atoms with Gasteiger partial charge in [-0.1, -0.05) is 11.6 Å². The number of halogens is 1. The lowest BCUT2D eigenvalue weighted by molar-refractivity contribution is 0.0141. The molecule has 1 aliphatic heterocycles. The van der Waals surface area contributed by atoms with E-state index in [2.05, 4.69) is 0 Å². The van der Waals surface area contributed by atoms with Gasteiger partial charge >= 0.3 is 0 Å². The first-order chi connectivity index (χ1) is 9.08. The van der Waals surface area contributed by atoms with E-state index in [9.17, 15) is 4.79 Å². The van der Waals surface area contributed by atoms with Gasteiger partial charge in [0.25, 0.3) is 5.91 Å². The molecule has 0 bridgehead atoms. The number of carbonyl (C=O) groups is 1. The number of rotatable bonds is 3. The molecule has 1 saturated heterocycles. The minimum atomic E-state index is -0.00639. The third kappa shape index (κ3) is 2.94. The van der Waals surface area contributed by atoms with Crippen molar-refractivity contribution in [1.29, 1.82) is 0 Å². The van der Waals surface area contributed by atoms with E-state index in [0.29, 0.717) is 23.0 Å². The van der Waals surface area contributed by atoms with E-state index in [1.165, 1.54) is 11.3 Å². The van der Waals surface area contributed by atoms with Gasteiger partial charge in [-0.15, -0.1) is 11.3 Å². The van der Waals surface area contributed by atoms with Crippen LogP contribution < -0.4 is 5.73 Å². The molecule has 1 amide bonds. The number of aryl methyl sites for hydroxylation is 1. The highest BCUT2D eigenvalue weighted by Crippen LogP contribution is 2.30. The zero-order valence-electron chi connectivity index (χ0n) is 11.2. The third-order valence-corrected chi connectivity index (χ3v) is 5.31. The highest BCUT2D eigenvalue weighted by atomic mass is 35.5. The van der Waals surface area contributed by atoms with Gasteiger partial charge in [-0.25, -0.2) is 0 Å². The van der Waals surface area contributed by atoms with Crippen LogP contribution in [0.5, 0.6) is 0 Å². The molecule has 1 fully saturated rings. The second kappa shape index (κ2) is 6.22. The number of methoxy groups -OCH3 is 1. The number of amides is 1. The van der Waals surface area contributed by atoms with Crippen molar-refractivity contribution in [3.8, 4) is 0 Å². The number of nitrogens with two attached hydrogens (primary N) is 1. The summed E-state index contributed by atoms with van der Waals surface area (Å²) < 4.78 is 5.37. The summed E-state index contributed by atoms with van der Waals surface area (Å²) >= 11 is 7.58. The average Bonchev–Trinajstić information content (AvgIpc) is 2.77. The predicted molar refractivity (Wildman–Crippen MR) is 78.0 cm³/mol. The molecule has 4 nitrogen and oxygen atoms in total. The summed E-state index contributed by atoms with van der Waals surface area (Å²) in [6.07, 6.45) is 1.83. The van der Waals surface area contributed by atoms with E-state index in [1.54, 1.807) is 7.11 Å². The SMILES string of the molecule is COC1CCN(C(=O)c2scc(C)c2Cl)C(CN)C1. The highest BCUT2D eigenvalue weighted by molar-refractivity contribution is 7.13. The maximum absolute atomic E-state index is 12.6. The van der Waals surface area contributed by atoms with Crippen LogP contribution in [-0.4, -0.2) is 43.2 Å². The predicted octanol–water partition coefficient (Wildman–Crippen LogP) is 2.29. The van der Waals surface area contributed by atoms with Gasteiger partial charge < -0.3 is 15.4 Å². The van der Waals surface area contributed by atoms with E-state index in [4.69, 9.17) is 22.1 Å². The van der Waals surface area contributed by atoms with Gasteiger partial charge in [-0.2, -0.15) is 0 Å². The lowest BCUT2D eigenvalue weighted by atomic mass is 9.99. The van der Waals surface area contributed by atoms with Gasteiger partial charge in [0.05, 0.1) is 11.1 Å². The van der Waals surface area contributed by atoms with E-state index in [-0.39, 0.29) is 18.1 Å². The van der Waals surface area contributed by atoms with Crippen LogP contribution in [0.15, 0.2) is 5.38 Å². The number of ether oxygens (including phenoxy) is 1. The fraction of sp³-hybridized carbons (Fsp3) is 0.615. The van der Waals surface area contributed by atoms with E-state index < -0.39 is 0 Å². The first-order valence-electron chi connectivity index (χ1n) is 6.35. The van der Waals surface area contributed by atoms with Crippen LogP contribution in [0.4, 0.5) is 0 Å². The number of hydrogen-bond donors (Lipinski definition) is 1. The van der Waals surface area contributed by atoms with E-state index in [1.807, 2.05) is 17.2 Å². The Kier molecular flexibility index (Phi) is 4.84. The van der Waals surface area contributed by atoms with Crippen molar-refractivity contribution >= 4 is 28.8 Å². The molecular formula is C13H19ClN2O2S. The van der Waals surface area contributed by atoms with Gasteiger partial charge in [0.15, 0.2) is 0 Å². The fourth-order valence-electron chi connectivity index (χ4n) is 2.42. The number of nitrogens with zero attached hydrogens (tertiary/aromatic N) is 1. The molecule has 2 atom stereocenters. The summed E-state index contributed by atoms with van der Waals surface area (Å²) in [6, 6.07) is 0.0321. The van der Waals surface area contributed by atoms with Crippen molar-refractivity contribution in [2.75, 3.05) is 20.2 Å². The second-order valence-corrected chi connectivity index (χ2v) is 6.09. The molecule has 6 heteroatoms. The molecule has 2 N–H and O–H groups in total. The molecule has 106 valence electrons. The van der Waals surface area contributed by atoms with Crippen molar-refractivity contribution < 1.29 is 9.53 Å². The Hall–Kier alpha value is -0.620. The van der Waals surface area contributed by atoms with Crippen LogP contribution in [0.1, 0.15) is 28.1 Å². The summed E-state index contributed by atoms with van der Waals surface area (Å²) in [5.41, 5.74) is 6.74. The lowest BCUT2D eigenvalue weighted by Gasteiger charge is -2.38. The topological polar surface area (TPSA) is 55.6 Å². The minimum Gasteiger partial charge on any atom is -0.381 e. The molecule has 0 aliphatic carbocycles. The van der Waals surface area contributed by atoms with E-state index in [0.717, 1.165) is 18.4 Å². The molecule has 2 unspecified atom stereocenters. The van der Waals surface area contributed by atoms with Crippen molar-refractivity contribution in [2.24, 2.45) is 5.73 Å². The first kappa shape index (κ1) is 14.8. The van der Waals surface area contributed by atoms with Crippen LogP contribution in [0.25, 0.3) is 0 Å². The summed E-state index contributed by atoms with van der Waals surface area (Å²) in [5, 5.41) is 2.48. The Labute approximate surface area is 122 Å². The number of likely N-dealkylation sites (tertiary alicyclic amines) is 1. The maximum Gasteiger partial charge on any atom is 0.265 e. The molecule has 0 saturated carbocycles. The quantitative estimate of drug-likeness (QED) is 0.932. The number of piperidine rings is 1. The Morgan fingerprint density at radius 2 is 2.42 bits per heavy atom. The molecule has 0 aromatic carbocycles. The van der Waals surface area contributed by atoms with Gasteiger partial charge in [-0.05, 0) is 30.7 Å². The first-order valence-corrected chi connectivity index (χ1v) is 7.61. The van der Waals surface area contributed by atoms with Gasteiger partial charge in [0.2, 0.25) is 0 Å². The Morgan fingerprint density at radius 3 is 2.95 bits per heavy atom. The number of thiophene rings is 1. The third-order valence-electron chi connectivity index (χ3n) is 3.63. The van der Waals surface area contributed by atoms with E-state index >= 15 is 0 Å². The number of carbonyl (C=O) groups excluding carboxylic acids is 1. The lowest BCUT2D eigenvalue weighted by Crippen LogP contribution is -2.51. The molecule has 1 aromatic rings. The monoisotopic (exact) mass is 302 g/mol. The van der Waals surface area contributed by atoms with Gasteiger partial charge in [0, 0.05) is 26.2 Å². The normalized spacial score (nSPS) is 23.7. The summed E-state index contributed by atoms with van der Waals surface area (Å²) in [6.45, 7) is 3.03. The molecule has 0 spiro atoms. The fourth-order valence-corrected chi connectivity index (χ4v) is 3.65. The Bertz CT molecular complexity index is 463. The van der Waals surface area contributed by atoms with Crippen molar-refractivity contribution in [2.45, 2.75) is 31.9 Å². The molecule has 2 rings (SSSR count). The van der Waals surface area contributed by atoms with Crippen LogP contribution in [0.3, 0.4) is 0 Å². The summed E-state index contributed by atoms with van der Waals surface area (Å²) in [5.74, 6) is -0.00639. The molecule has 2 heterocycles. The molecule has 1 aromatic heterocycles. The molecule has 1 aliphatic rings. The van der Waals surface area contributed by atoms with Gasteiger partial charge in [-0.3, -0.25) is 4.79 Å². The highest BCUT2D eigenvalue weighted by Gasteiger charge is 2.32. The van der Waals surface area contributed by atoms with Crippen LogP contribution in [0.2, 0.25) is 5.02 Å². The second-order valence-electron chi connectivity index (χ2n) is 4.83. The van der Waals surface area contributed by atoms with Crippen molar-refractivity contribution in [3.63, 3.8) is 0 Å². The van der Waals surface area contributed by atoms with Crippen molar-refractivity contribution in [1.82, 2.24) is 4.90 Å². The standard InChI is InChI=1S/C13H19ClN2O2S/c1-8-7-19-12(11(8)14)13(17)16-4-3-10(18-2)5-9(16)6-15/h7,9-10H,3-6,15H2,1-2H3. The van der Waals surface area contributed by atoms with Crippen molar-refractivity contribution in [3.05, 3.63) is 20.8 Å². The Morgan fingerprint density at radius 1 is 1.68 bits per heavy atom. The molecule has 0 radical (unpaired) electrons. The van der Waals surface area contributed by atoms with Gasteiger partial charge in [0.1, 0.15) is 4.88 Å². The molecular weight excluding hydrogens is 284 g/mol. The average molecular weight is 303 g/mol. The van der Waals surface area contributed by atoms with Crippen LogP contribution >= 0.6 is 22.9 Å². The summed E-state index contributed by atoms with van der Waals surface area (Å²) in [4.78, 5) is 15.0. The zero-order valence-corrected chi connectivity index (χ0v) is 12.8. The van der Waals surface area contributed by atoms with Crippen LogP contribution in [0, 0.1) is 6.92 Å². The zero-order chi connectivity index (χ0) is 14.0. The van der Waals surface area contributed by atoms with Crippen LogP contribution in [-0.2, 0) is 4.74 Å². The maximum atomic E-state index is 12.6. The summed E-state index contributed by atoms with van der Waals surface area (Å²) in [7, 11) is 1.70. The molecule has 19 heavy (non-hydrogen) atoms. The number of hydrogen-bond acceptors (Lipinski definition) is 4.